The van der Waals surface area contributed by atoms with E-state index in [4.69, 9.17) is 0 Å². The van der Waals surface area contributed by atoms with Crippen LogP contribution in [0.25, 0.3) is 11.0 Å². The molecule has 3 N–H and O–H groups in total. The molecule has 0 spiro atoms. The molecule has 0 aliphatic heterocycles. The summed E-state index contributed by atoms with van der Waals surface area (Å²) in [6.45, 7) is 8.89. The van der Waals surface area contributed by atoms with Gasteiger partial charge in [0.1, 0.15) is 17.4 Å². The van der Waals surface area contributed by atoms with Crippen LogP contribution in [0.4, 0.5) is 17.6 Å². The molecule has 2 aromatic rings. The zero-order valence-corrected chi connectivity index (χ0v) is 13.6. The number of rotatable bonds is 9. The van der Waals surface area contributed by atoms with Crippen LogP contribution in [-0.4, -0.2) is 39.6 Å². The predicted molar refractivity (Wildman–Crippen MR) is 91.5 cm³/mol. The first-order valence-electron chi connectivity index (χ1n) is 8.04. The molecule has 0 saturated carbocycles. The summed E-state index contributed by atoms with van der Waals surface area (Å²) in [6.07, 6.45) is 4.62. The Balaban J connectivity index is 2.44. The summed E-state index contributed by atoms with van der Waals surface area (Å²) >= 11 is 0. The molecule has 0 unspecified atom stereocenters. The van der Waals surface area contributed by atoms with Crippen molar-refractivity contribution in [2.24, 2.45) is 0 Å². The Kier molecular flexibility index (Phi) is 6.12. The van der Waals surface area contributed by atoms with Crippen molar-refractivity contribution in [1.29, 1.82) is 0 Å². The predicted octanol–water partition coefficient (Wildman–Crippen LogP) is 2.89. The van der Waals surface area contributed by atoms with E-state index in [0.29, 0.717) is 5.95 Å². The molecule has 7 heteroatoms. The third kappa shape index (κ3) is 3.93. The largest absolute Gasteiger partial charge is 0.368 e. The molecule has 0 bridgehead atoms. The van der Waals surface area contributed by atoms with E-state index >= 15 is 0 Å². The van der Waals surface area contributed by atoms with Crippen LogP contribution in [-0.2, 0) is 0 Å². The van der Waals surface area contributed by atoms with E-state index in [1.54, 1.807) is 6.33 Å². The van der Waals surface area contributed by atoms with Crippen LogP contribution in [0.2, 0.25) is 0 Å². The summed E-state index contributed by atoms with van der Waals surface area (Å²) in [5.74, 6) is 2.13. The van der Waals surface area contributed by atoms with Crippen molar-refractivity contribution >= 4 is 28.6 Å². The number of fused-ring (bicyclic) bond motifs is 1. The average Bonchev–Trinajstić information content (AvgIpc) is 2.55. The van der Waals surface area contributed by atoms with Crippen LogP contribution >= 0.6 is 0 Å². The monoisotopic (exact) mass is 303 g/mol. The van der Waals surface area contributed by atoms with Crippen molar-refractivity contribution in [3.05, 3.63) is 6.33 Å². The van der Waals surface area contributed by atoms with Gasteiger partial charge in [-0.3, -0.25) is 0 Å². The minimum absolute atomic E-state index is 0.613. The fourth-order valence-electron chi connectivity index (χ4n) is 2.00. The number of nitrogens with one attached hydrogen (secondary N) is 3. The maximum absolute atomic E-state index is 4.58. The van der Waals surface area contributed by atoms with Gasteiger partial charge in [0.05, 0.1) is 0 Å². The van der Waals surface area contributed by atoms with E-state index < -0.39 is 0 Å². The van der Waals surface area contributed by atoms with E-state index in [2.05, 4.69) is 56.7 Å². The molecule has 0 aromatic carbocycles. The second-order valence-electron chi connectivity index (χ2n) is 5.10. The van der Waals surface area contributed by atoms with E-state index in [1.807, 2.05) is 0 Å². The number of anilines is 3. The van der Waals surface area contributed by atoms with Crippen LogP contribution < -0.4 is 16.0 Å². The highest BCUT2D eigenvalue weighted by Crippen LogP contribution is 2.24. The lowest BCUT2D eigenvalue weighted by Gasteiger charge is -2.12. The minimum atomic E-state index is 0.613. The standard InChI is InChI=1S/C15H25N7/c1-4-7-16-13-12-11(19-10-20-13)14(17-8-5-2)22-15(21-12)18-9-6-3/h10H,4-9H2,1-3H3,(H,16,19,20)(H2,17,18,21,22). The SMILES string of the molecule is CCCNc1nc(NCCC)c2ncnc(NCCC)c2n1. The molecule has 0 aliphatic rings. The lowest BCUT2D eigenvalue weighted by molar-refractivity contribution is 0.941. The van der Waals surface area contributed by atoms with Crippen molar-refractivity contribution in [3.63, 3.8) is 0 Å². The minimum Gasteiger partial charge on any atom is -0.368 e. The molecular formula is C15H25N7. The second-order valence-corrected chi connectivity index (χ2v) is 5.10. The van der Waals surface area contributed by atoms with Crippen LogP contribution in [0.5, 0.6) is 0 Å². The van der Waals surface area contributed by atoms with Gasteiger partial charge in [0.15, 0.2) is 11.6 Å². The average molecular weight is 303 g/mol. The van der Waals surface area contributed by atoms with Crippen molar-refractivity contribution in [1.82, 2.24) is 19.9 Å². The molecule has 0 saturated heterocycles. The molecule has 2 rings (SSSR count). The Hall–Kier alpha value is -2.18. The summed E-state index contributed by atoms with van der Waals surface area (Å²) in [4.78, 5) is 17.8. The number of aromatic nitrogens is 4. The van der Waals surface area contributed by atoms with Crippen LogP contribution in [0, 0.1) is 0 Å². The molecule has 2 heterocycles. The van der Waals surface area contributed by atoms with Gasteiger partial charge in [-0.15, -0.1) is 0 Å². The van der Waals surface area contributed by atoms with Crippen molar-refractivity contribution in [2.45, 2.75) is 40.0 Å². The molecule has 0 atom stereocenters. The molecule has 0 radical (unpaired) electrons. The third-order valence-corrected chi connectivity index (χ3v) is 3.10. The summed E-state index contributed by atoms with van der Waals surface area (Å²) in [6, 6.07) is 0. The number of hydrogen-bond acceptors (Lipinski definition) is 7. The van der Waals surface area contributed by atoms with Gasteiger partial charge in [0.25, 0.3) is 0 Å². The molecular weight excluding hydrogens is 278 g/mol. The van der Waals surface area contributed by atoms with Crippen molar-refractivity contribution in [3.8, 4) is 0 Å². The fourth-order valence-corrected chi connectivity index (χ4v) is 2.00. The van der Waals surface area contributed by atoms with Crippen molar-refractivity contribution in [2.75, 3.05) is 35.6 Å². The maximum atomic E-state index is 4.58. The van der Waals surface area contributed by atoms with Crippen LogP contribution in [0.1, 0.15) is 40.0 Å². The Bertz CT molecular complexity index is 600. The second kappa shape index (κ2) is 8.31. The molecule has 120 valence electrons. The smallest absolute Gasteiger partial charge is 0.225 e. The van der Waals surface area contributed by atoms with Gasteiger partial charge in [0, 0.05) is 19.6 Å². The van der Waals surface area contributed by atoms with Crippen LogP contribution in [0.3, 0.4) is 0 Å². The quantitative estimate of drug-likeness (QED) is 0.656. The Morgan fingerprint density at radius 2 is 1.36 bits per heavy atom. The normalized spacial score (nSPS) is 10.7. The molecule has 22 heavy (non-hydrogen) atoms. The molecule has 2 aromatic heterocycles. The van der Waals surface area contributed by atoms with Gasteiger partial charge in [-0.2, -0.15) is 4.98 Å². The summed E-state index contributed by atoms with van der Waals surface area (Å²) in [7, 11) is 0. The summed E-state index contributed by atoms with van der Waals surface area (Å²) in [5, 5.41) is 9.88. The Morgan fingerprint density at radius 3 is 2.05 bits per heavy atom. The third-order valence-electron chi connectivity index (χ3n) is 3.10. The van der Waals surface area contributed by atoms with Crippen molar-refractivity contribution < 1.29 is 0 Å². The van der Waals surface area contributed by atoms with Gasteiger partial charge in [0.2, 0.25) is 5.95 Å². The van der Waals surface area contributed by atoms with E-state index in [1.165, 1.54) is 0 Å². The summed E-state index contributed by atoms with van der Waals surface area (Å²) < 4.78 is 0. The highest BCUT2D eigenvalue weighted by atomic mass is 15.2. The Labute approximate surface area is 131 Å². The topological polar surface area (TPSA) is 87.7 Å². The lowest BCUT2D eigenvalue weighted by atomic mass is 10.3. The Morgan fingerprint density at radius 1 is 0.727 bits per heavy atom. The summed E-state index contributed by atoms with van der Waals surface area (Å²) in [5.41, 5.74) is 1.51. The zero-order chi connectivity index (χ0) is 15.8. The number of hydrogen-bond donors (Lipinski definition) is 3. The first-order chi connectivity index (χ1) is 10.8. The van der Waals surface area contributed by atoms with E-state index in [9.17, 15) is 0 Å². The van der Waals surface area contributed by atoms with E-state index in [0.717, 1.165) is 61.6 Å². The van der Waals surface area contributed by atoms with E-state index in [-0.39, 0.29) is 0 Å². The van der Waals surface area contributed by atoms with Gasteiger partial charge < -0.3 is 16.0 Å². The highest BCUT2D eigenvalue weighted by molar-refractivity contribution is 5.93. The fraction of sp³-hybridized carbons (Fsp3) is 0.600. The molecule has 7 nitrogen and oxygen atoms in total. The van der Waals surface area contributed by atoms with Gasteiger partial charge in [-0.05, 0) is 19.3 Å². The first kappa shape index (κ1) is 16.2. The lowest BCUT2D eigenvalue weighted by Crippen LogP contribution is -2.11. The van der Waals surface area contributed by atoms with Gasteiger partial charge >= 0.3 is 0 Å². The molecule has 0 amide bonds. The first-order valence-corrected chi connectivity index (χ1v) is 8.04. The maximum Gasteiger partial charge on any atom is 0.225 e. The molecule has 0 fully saturated rings. The van der Waals surface area contributed by atoms with Gasteiger partial charge in [-0.25, -0.2) is 15.0 Å². The van der Waals surface area contributed by atoms with Crippen LogP contribution in [0.15, 0.2) is 6.33 Å². The van der Waals surface area contributed by atoms with Gasteiger partial charge in [-0.1, -0.05) is 20.8 Å². The zero-order valence-electron chi connectivity index (χ0n) is 13.6. The molecule has 0 aliphatic carbocycles. The number of nitrogens with zero attached hydrogens (tertiary/aromatic N) is 4. The highest BCUT2D eigenvalue weighted by Gasteiger charge is 2.12.